The monoisotopic (exact) mass is 240 g/mol. The fourth-order valence-electron chi connectivity index (χ4n) is 2.65. The van der Waals surface area contributed by atoms with Crippen molar-refractivity contribution in [3.63, 3.8) is 0 Å². The van der Waals surface area contributed by atoms with Gasteiger partial charge in [0.2, 0.25) is 5.91 Å². The fourth-order valence-corrected chi connectivity index (χ4v) is 2.65. The Morgan fingerprint density at radius 2 is 2.06 bits per heavy atom. The molecule has 0 saturated carbocycles. The maximum Gasteiger partial charge on any atom is 0.220 e. The largest absolute Gasteiger partial charge is 0.381 e. The average molecular weight is 240 g/mol. The van der Waals surface area contributed by atoms with E-state index in [1.807, 2.05) is 0 Å². The SMILES string of the molecule is O=C(CC1CCNCC1)NCCC1CCOC1. The number of piperidine rings is 1. The van der Waals surface area contributed by atoms with E-state index in [1.165, 1.54) is 0 Å². The molecule has 2 aliphatic rings. The third-order valence-corrected chi connectivity index (χ3v) is 3.83. The van der Waals surface area contributed by atoms with E-state index in [0.717, 1.165) is 58.5 Å². The molecule has 2 fully saturated rings. The lowest BCUT2D eigenvalue weighted by molar-refractivity contribution is -0.122. The molecule has 17 heavy (non-hydrogen) atoms. The Bertz CT molecular complexity index is 234. The van der Waals surface area contributed by atoms with Crippen molar-refractivity contribution in [2.45, 2.75) is 32.1 Å². The number of carbonyl (C=O) groups excluding carboxylic acids is 1. The topological polar surface area (TPSA) is 50.4 Å². The zero-order chi connectivity index (χ0) is 11.9. The molecule has 2 aliphatic heterocycles. The molecule has 0 spiro atoms. The Kier molecular flexibility index (Phi) is 5.26. The number of nitrogens with one attached hydrogen (secondary N) is 2. The molecule has 0 aliphatic carbocycles. The molecule has 1 unspecified atom stereocenters. The summed E-state index contributed by atoms with van der Waals surface area (Å²) in [6, 6.07) is 0. The van der Waals surface area contributed by atoms with E-state index in [-0.39, 0.29) is 5.91 Å². The van der Waals surface area contributed by atoms with Crippen LogP contribution >= 0.6 is 0 Å². The minimum absolute atomic E-state index is 0.232. The molecule has 0 aromatic heterocycles. The molecule has 2 heterocycles. The second kappa shape index (κ2) is 6.97. The number of carbonyl (C=O) groups is 1. The summed E-state index contributed by atoms with van der Waals surface area (Å²) >= 11 is 0. The highest BCUT2D eigenvalue weighted by Gasteiger charge is 2.18. The lowest BCUT2D eigenvalue weighted by Gasteiger charge is -2.22. The minimum Gasteiger partial charge on any atom is -0.381 e. The first kappa shape index (κ1) is 12.8. The first-order valence-electron chi connectivity index (χ1n) is 6.90. The molecule has 98 valence electrons. The Morgan fingerprint density at radius 3 is 2.76 bits per heavy atom. The van der Waals surface area contributed by atoms with Crippen molar-refractivity contribution in [3.05, 3.63) is 0 Å². The summed E-state index contributed by atoms with van der Waals surface area (Å²) < 4.78 is 5.32. The number of amides is 1. The molecule has 0 aromatic carbocycles. The van der Waals surface area contributed by atoms with Gasteiger partial charge in [-0.2, -0.15) is 0 Å². The normalized spacial score (nSPS) is 26.0. The zero-order valence-corrected chi connectivity index (χ0v) is 10.5. The lowest BCUT2D eigenvalue weighted by Crippen LogP contribution is -2.33. The summed E-state index contributed by atoms with van der Waals surface area (Å²) in [5.41, 5.74) is 0. The van der Waals surface area contributed by atoms with Crippen LogP contribution in [0.4, 0.5) is 0 Å². The van der Waals surface area contributed by atoms with Crippen LogP contribution in [0, 0.1) is 11.8 Å². The molecule has 2 saturated heterocycles. The van der Waals surface area contributed by atoms with E-state index in [9.17, 15) is 4.79 Å². The van der Waals surface area contributed by atoms with Crippen molar-refractivity contribution < 1.29 is 9.53 Å². The lowest BCUT2D eigenvalue weighted by atomic mass is 9.94. The van der Waals surface area contributed by atoms with Gasteiger partial charge in [0.15, 0.2) is 0 Å². The number of ether oxygens (including phenoxy) is 1. The van der Waals surface area contributed by atoms with Crippen LogP contribution < -0.4 is 10.6 Å². The van der Waals surface area contributed by atoms with E-state index >= 15 is 0 Å². The Labute approximate surface area is 103 Å². The summed E-state index contributed by atoms with van der Waals surface area (Å²) in [5, 5.41) is 6.36. The van der Waals surface area contributed by atoms with Gasteiger partial charge < -0.3 is 15.4 Å². The molecule has 0 bridgehead atoms. The molecule has 1 atom stereocenters. The highest BCUT2D eigenvalue weighted by Crippen LogP contribution is 2.17. The molecule has 0 aromatic rings. The van der Waals surface area contributed by atoms with Gasteiger partial charge in [0, 0.05) is 26.2 Å². The standard InChI is InChI=1S/C13H24N2O2/c16-13(9-11-1-5-14-6-2-11)15-7-3-12-4-8-17-10-12/h11-12,14H,1-10H2,(H,15,16). The van der Waals surface area contributed by atoms with E-state index in [0.29, 0.717) is 18.3 Å². The van der Waals surface area contributed by atoms with Crippen LogP contribution in [-0.4, -0.2) is 38.8 Å². The van der Waals surface area contributed by atoms with Crippen LogP contribution in [0.25, 0.3) is 0 Å². The van der Waals surface area contributed by atoms with Gasteiger partial charge >= 0.3 is 0 Å². The Hall–Kier alpha value is -0.610. The van der Waals surface area contributed by atoms with Gasteiger partial charge in [-0.1, -0.05) is 0 Å². The predicted octanol–water partition coefficient (Wildman–Crippen LogP) is 0.919. The second-order valence-corrected chi connectivity index (χ2v) is 5.27. The first-order valence-corrected chi connectivity index (χ1v) is 6.90. The van der Waals surface area contributed by atoms with Crippen LogP contribution in [0.2, 0.25) is 0 Å². The number of hydrogen-bond acceptors (Lipinski definition) is 3. The summed E-state index contributed by atoms with van der Waals surface area (Å²) in [6.07, 6.45) is 5.22. The van der Waals surface area contributed by atoms with Crippen molar-refractivity contribution in [1.82, 2.24) is 10.6 Å². The molecule has 2 N–H and O–H groups in total. The number of hydrogen-bond donors (Lipinski definition) is 2. The predicted molar refractivity (Wildman–Crippen MR) is 66.8 cm³/mol. The summed E-state index contributed by atoms with van der Waals surface area (Å²) in [7, 11) is 0. The highest BCUT2D eigenvalue weighted by atomic mass is 16.5. The molecular weight excluding hydrogens is 216 g/mol. The number of rotatable bonds is 5. The smallest absolute Gasteiger partial charge is 0.220 e. The van der Waals surface area contributed by atoms with Gasteiger partial charge in [-0.25, -0.2) is 0 Å². The van der Waals surface area contributed by atoms with Crippen LogP contribution in [0.5, 0.6) is 0 Å². The average Bonchev–Trinajstić information content (AvgIpc) is 2.83. The third kappa shape index (κ3) is 4.64. The summed E-state index contributed by atoms with van der Waals surface area (Å²) in [5.74, 6) is 1.48. The van der Waals surface area contributed by atoms with Crippen LogP contribution in [0.1, 0.15) is 32.1 Å². The Morgan fingerprint density at radius 1 is 1.24 bits per heavy atom. The molecule has 4 heteroatoms. The van der Waals surface area contributed by atoms with Gasteiger partial charge in [0.1, 0.15) is 0 Å². The second-order valence-electron chi connectivity index (χ2n) is 5.27. The van der Waals surface area contributed by atoms with E-state index < -0.39 is 0 Å². The summed E-state index contributed by atoms with van der Waals surface area (Å²) in [4.78, 5) is 11.7. The maximum atomic E-state index is 11.7. The van der Waals surface area contributed by atoms with Crippen molar-refractivity contribution in [2.75, 3.05) is 32.8 Å². The molecule has 1 amide bonds. The quantitative estimate of drug-likeness (QED) is 0.751. The molecule has 2 rings (SSSR count). The highest BCUT2D eigenvalue weighted by molar-refractivity contribution is 5.76. The van der Waals surface area contributed by atoms with E-state index in [1.54, 1.807) is 0 Å². The Balaban J connectivity index is 1.53. The zero-order valence-electron chi connectivity index (χ0n) is 10.5. The van der Waals surface area contributed by atoms with Gasteiger partial charge in [0.05, 0.1) is 0 Å². The van der Waals surface area contributed by atoms with Gasteiger partial charge in [-0.3, -0.25) is 4.79 Å². The molecular formula is C13H24N2O2. The third-order valence-electron chi connectivity index (χ3n) is 3.83. The first-order chi connectivity index (χ1) is 8.34. The maximum absolute atomic E-state index is 11.7. The van der Waals surface area contributed by atoms with Crippen molar-refractivity contribution >= 4 is 5.91 Å². The van der Waals surface area contributed by atoms with Gasteiger partial charge in [-0.05, 0) is 50.6 Å². The van der Waals surface area contributed by atoms with E-state index in [2.05, 4.69) is 10.6 Å². The van der Waals surface area contributed by atoms with Gasteiger partial charge in [0.25, 0.3) is 0 Å². The molecule has 0 radical (unpaired) electrons. The summed E-state index contributed by atoms with van der Waals surface area (Å²) in [6.45, 7) is 4.73. The van der Waals surface area contributed by atoms with Crippen LogP contribution in [0.15, 0.2) is 0 Å². The van der Waals surface area contributed by atoms with Crippen LogP contribution in [0.3, 0.4) is 0 Å². The van der Waals surface area contributed by atoms with Gasteiger partial charge in [-0.15, -0.1) is 0 Å². The fraction of sp³-hybridized carbons (Fsp3) is 0.923. The minimum atomic E-state index is 0.232. The molecule has 4 nitrogen and oxygen atoms in total. The van der Waals surface area contributed by atoms with Crippen molar-refractivity contribution in [2.24, 2.45) is 11.8 Å². The van der Waals surface area contributed by atoms with E-state index in [4.69, 9.17) is 4.74 Å². The van der Waals surface area contributed by atoms with Crippen molar-refractivity contribution in [3.8, 4) is 0 Å². The van der Waals surface area contributed by atoms with Crippen molar-refractivity contribution in [1.29, 1.82) is 0 Å². The van der Waals surface area contributed by atoms with Crippen LogP contribution in [-0.2, 0) is 9.53 Å².